The smallest absolute Gasteiger partial charge is 0.134 e. The molecule has 0 amide bonds. The van der Waals surface area contributed by atoms with E-state index in [0.717, 1.165) is 37.8 Å². The molecule has 1 aromatic heterocycles. The van der Waals surface area contributed by atoms with Crippen LogP contribution in [0.4, 0.5) is 11.6 Å². The van der Waals surface area contributed by atoms with Crippen molar-refractivity contribution in [3.8, 4) is 0 Å². The maximum atomic E-state index is 4.49. The van der Waals surface area contributed by atoms with Crippen LogP contribution in [0, 0.1) is 0 Å². The van der Waals surface area contributed by atoms with Crippen LogP contribution in [0.2, 0.25) is 0 Å². The molecular formula is C14H22N4S2. The lowest BCUT2D eigenvalue weighted by Crippen LogP contribution is -2.39. The topological polar surface area (TPSA) is 32.3 Å². The van der Waals surface area contributed by atoms with Crippen LogP contribution in [0.15, 0.2) is 12.4 Å². The van der Waals surface area contributed by atoms with E-state index in [4.69, 9.17) is 0 Å². The van der Waals surface area contributed by atoms with E-state index in [2.05, 4.69) is 63.2 Å². The van der Waals surface area contributed by atoms with Crippen molar-refractivity contribution in [3.05, 3.63) is 12.4 Å². The molecule has 6 heteroatoms. The van der Waals surface area contributed by atoms with E-state index in [1.807, 2.05) is 0 Å². The molecule has 2 saturated heterocycles. The van der Waals surface area contributed by atoms with Gasteiger partial charge in [0.2, 0.25) is 0 Å². The van der Waals surface area contributed by atoms with E-state index in [-0.39, 0.29) is 0 Å². The highest BCUT2D eigenvalue weighted by Crippen LogP contribution is 2.26. The van der Waals surface area contributed by atoms with Crippen molar-refractivity contribution < 1.29 is 0 Å². The van der Waals surface area contributed by atoms with Crippen LogP contribution in [-0.2, 0) is 0 Å². The van der Waals surface area contributed by atoms with Gasteiger partial charge in [-0.2, -0.15) is 23.5 Å². The summed E-state index contributed by atoms with van der Waals surface area (Å²) in [5.74, 6) is 4.57. The number of hydrogen-bond acceptors (Lipinski definition) is 6. The minimum absolute atomic E-state index is 0.688. The van der Waals surface area contributed by atoms with Crippen molar-refractivity contribution in [2.45, 2.75) is 24.3 Å². The lowest BCUT2D eigenvalue weighted by molar-refractivity contribution is 0.752. The number of rotatable bonds is 2. The summed E-state index contributed by atoms with van der Waals surface area (Å²) in [7, 11) is 0. The predicted octanol–water partition coefficient (Wildman–Crippen LogP) is 2.36. The van der Waals surface area contributed by atoms with E-state index < -0.39 is 0 Å². The van der Waals surface area contributed by atoms with Crippen molar-refractivity contribution >= 4 is 35.2 Å². The first-order chi connectivity index (χ1) is 9.72. The van der Waals surface area contributed by atoms with Crippen molar-refractivity contribution in [3.63, 3.8) is 0 Å². The number of thioether (sulfide) groups is 2. The second-order valence-electron chi connectivity index (χ2n) is 5.49. The van der Waals surface area contributed by atoms with Crippen molar-refractivity contribution in [2.24, 2.45) is 0 Å². The maximum Gasteiger partial charge on any atom is 0.134 e. The second-order valence-corrected chi connectivity index (χ2v) is 8.58. The lowest BCUT2D eigenvalue weighted by Gasteiger charge is -2.34. The zero-order valence-electron chi connectivity index (χ0n) is 12.2. The molecule has 2 fully saturated rings. The normalized spacial score (nSPS) is 27.7. The summed E-state index contributed by atoms with van der Waals surface area (Å²) >= 11 is 4.10. The summed E-state index contributed by atoms with van der Waals surface area (Å²) in [4.78, 5) is 13.8. The molecule has 0 spiro atoms. The van der Waals surface area contributed by atoms with Gasteiger partial charge in [-0.05, 0) is 0 Å². The Morgan fingerprint density at radius 1 is 0.950 bits per heavy atom. The highest BCUT2D eigenvalue weighted by atomic mass is 32.2. The molecule has 2 atom stereocenters. The van der Waals surface area contributed by atoms with E-state index in [1.165, 1.54) is 11.5 Å². The average molecular weight is 310 g/mol. The molecular weight excluding hydrogens is 288 g/mol. The fourth-order valence-corrected chi connectivity index (χ4v) is 4.76. The highest BCUT2D eigenvalue weighted by Gasteiger charge is 2.21. The molecule has 2 aliphatic heterocycles. The first-order valence-corrected chi connectivity index (χ1v) is 9.37. The molecule has 0 N–H and O–H groups in total. The monoisotopic (exact) mass is 310 g/mol. The van der Waals surface area contributed by atoms with Crippen LogP contribution in [0.3, 0.4) is 0 Å². The van der Waals surface area contributed by atoms with Gasteiger partial charge in [0.05, 0.1) is 0 Å². The van der Waals surface area contributed by atoms with Gasteiger partial charge in [0.25, 0.3) is 0 Å². The molecule has 0 aliphatic carbocycles. The number of hydrogen-bond donors (Lipinski definition) is 0. The largest absolute Gasteiger partial charge is 0.355 e. The maximum absolute atomic E-state index is 4.49. The van der Waals surface area contributed by atoms with Gasteiger partial charge in [-0.3, -0.25) is 0 Å². The molecule has 0 aromatic carbocycles. The van der Waals surface area contributed by atoms with Gasteiger partial charge < -0.3 is 9.80 Å². The molecule has 0 bridgehead atoms. The highest BCUT2D eigenvalue weighted by molar-refractivity contribution is 8.00. The fraction of sp³-hybridized carbons (Fsp3) is 0.714. The molecule has 1 aromatic rings. The average Bonchev–Trinajstić information content (AvgIpc) is 2.47. The van der Waals surface area contributed by atoms with Gasteiger partial charge >= 0.3 is 0 Å². The Hall–Kier alpha value is -0.620. The van der Waals surface area contributed by atoms with Gasteiger partial charge in [0.15, 0.2) is 0 Å². The third-order valence-electron chi connectivity index (χ3n) is 3.77. The van der Waals surface area contributed by atoms with Gasteiger partial charge in [-0.1, -0.05) is 13.8 Å². The zero-order chi connectivity index (χ0) is 13.9. The Kier molecular flexibility index (Phi) is 4.61. The summed E-state index contributed by atoms with van der Waals surface area (Å²) in [6.07, 6.45) is 1.73. The van der Waals surface area contributed by atoms with E-state index in [9.17, 15) is 0 Å². The molecule has 2 aliphatic rings. The molecule has 0 saturated carbocycles. The number of nitrogens with zero attached hydrogens (tertiary/aromatic N) is 4. The van der Waals surface area contributed by atoms with Gasteiger partial charge in [0, 0.05) is 54.3 Å². The SMILES string of the molecule is C[C@@H]1CN(c2cc(N3CCS[C@H](C)C3)ncn2)CCS1. The minimum Gasteiger partial charge on any atom is -0.355 e. The Labute approximate surface area is 129 Å². The van der Waals surface area contributed by atoms with E-state index in [0.29, 0.717) is 10.5 Å². The standard InChI is InChI=1S/C14H22N4S2/c1-11-8-17(3-5-19-11)13-7-14(16-10-15-13)18-4-6-20-12(2)9-18/h7,10-12H,3-6,8-9H2,1-2H3/t11-,12-/m1/s1. The molecule has 3 rings (SSSR count). The van der Waals surface area contributed by atoms with Crippen LogP contribution in [0.1, 0.15) is 13.8 Å². The summed E-state index contributed by atoms with van der Waals surface area (Å²) in [6, 6.07) is 2.17. The Bertz CT molecular complexity index is 419. The van der Waals surface area contributed by atoms with Crippen LogP contribution in [-0.4, -0.2) is 58.2 Å². The molecule has 110 valence electrons. The van der Waals surface area contributed by atoms with Crippen molar-refractivity contribution in [2.75, 3.05) is 47.5 Å². The first-order valence-electron chi connectivity index (χ1n) is 7.27. The lowest BCUT2D eigenvalue weighted by atomic mass is 10.3. The van der Waals surface area contributed by atoms with Crippen LogP contribution >= 0.6 is 23.5 Å². The number of aromatic nitrogens is 2. The van der Waals surface area contributed by atoms with Gasteiger partial charge in [-0.15, -0.1) is 0 Å². The van der Waals surface area contributed by atoms with Crippen LogP contribution < -0.4 is 9.80 Å². The summed E-state index contributed by atoms with van der Waals surface area (Å²) < 4.78 is 0. The minimum atomic E-state index is 0.688. The van der Waals surface area contributed by atoms with Crippen LogP contribution in [0.25, 0.3) is 0 Å². The second kappa shape index (κ2) is 6.43. The van der Waals surface area contributed by atoms with Gasteiger partial charge in [0.1, 0.15) is 18.0 Å². The Balaban J connectivity index is 1.75. The molecule has 0 unspecified atom stereocenters. The van der Waals surface area contributed by atoms with Crippen LogP contribution in [0.5, 0.6) is 0 Å². The number of anilines is 2. The quantitative estimate of drug-likeness (QED) is 0.834. The molecule has 20 heavy (non-hydrogen) atoms. The van der Waals surface area contributed by atoms with E-state index in [1.54, 1.807) is 6.33 Å². The summed E-state index contributed by atoms with van der Waals surface area (Å²) in [6.45, 7) is 8.96. The summed E-state index contributed by atoms with van der Waals surface area (Å²) in [5, 5.41) is 1.38. The molecule has 0 radical (unpaired) electrons. The fourth-order valence-electron chi connectivity index (χ4n) is 2.74. The van der Waals surface area contributed by atoms with Crippen molar-refractivity contribution in [1.82, 2.24) is 9.97 Å². The zero-order valence-corrected chi connectivity index (χ0v) is 13.8. The van der Waals surface area contributed by atoms with E-state index >= 15 is 0 Å². The first kappa shape index (κ1) is 14.3. The predicted molar refractivity (Wildman–Crippen MR) is 90.3 cm³/mol. The Morgan fingerprint density at radius 2 is 1.45 bits per heavy atom. The summed E-state index contributed by atoms with van der Waals surface area (Å²) in [5.41, 5.74) is 0. The van der Waals surface area contributed by atoms with Crippen molar-refractivity contribution in [1.29, 1.82) is 0 Å². The molecule has 3 heterocycles. The molecule has 4 nitrogen and oxygen atoms in total. The third kappa shape index (κ3) is 3.34. The Morgan fingerprint density at radius 3 is 1.90 bits per heavy atom. The van der Waals surface area contributed by atoms with Gasteiger partial charge in [-0.25, -0.2) is 9.97 Å². The third-order valence-corrected chi connectivity index (χ3v) is 6.04.